The van der Waals surface area contributed by atoms with E-state index in [0.29, 0.717) is 12.0 Å². The fourth-order valence-electron chi connectivity index (χ4n) is 4.22. The molecule has 1 saturated carbocycles. The molecule has 0 amide bonds. The summed E-state index contributed by atoms with van der Waals surface area (Å²) in [6.45, 7) is 7.59. The van der Waals surface area contributed by atoms with Crippen molar-refractivity contribution >= 4 is 0 Å². The molecular weight excluding hydrogens is 256 g/mol. The maximum Gasteiger partial charge on any atom is 0.102 e. The summed E-state index contributed by atoms with van der Waals surface area (Å²) in [6, 6.07) is 0. The van der Waals surface area contributed by atoms with Crippen LogP contribution in [0.4, 0.5) is 0 Å². The first kappa shape index (κ1) is 14.8. The van der Waals surface area contributed by atoms with E-state index >= 15 is 0 Å². The molecule has 0 aromatic rings. The number of hydrogen-bond donors (Lipinski definition) is 0. The van der Waals surface area contributed by atoms with Crippen molar-refractivity contribution < 1.29 is 18.9 Å². The van der Waals surface area contributed by atoms with Crippen LogP contribution in [0.1, 0.15) is 40.0 Å². The minimum absolute atomic E-state index is 0.0529. The van der Waals surface area contributed by atoms with Gasteiger partial charge in [-0.1, -0.05) is 13.8 Å². The molecule has 116 valence electrons. The Hall–Kier alpha value is -0.160. The number of ether oxygens (including phenoxy) is 4. The molecule has 1 spiro atoms. The number of hydrogen-bond acceptors (Lipinski definition) is 4. The summed E-state index contributed by atoms with van der Waals surface area (Å²) >= 11 is 0. The smallest absolute Gasteiger partial charge is 0.102 e. The third kappa shape index (κ3) is 2.21. The molecule has 0 aromatic heterocycles. The fraction of sp³-hybridized carbons (Fsp3) is 1.00. The van der Waals surface area contributed by atoms with Crippen LogP contribution < -0.4 is 0 Å². The van der Waals surface area contributed by atoms with Crippen molar-refractivity contribution in [1.29, 1.82) is 0 Å². The predicted octanol–water partition coefficient (Wildman–Crippen LogP) is 2.40. The van der Waals surface area contributed by atoms with Gasteiger partial charge in [0.05, 0.1) is 30.8 Å². The zero-order chi connectivity index (χ0) is 14.5. The van der Waals surface area contributed by atoms with E-state index in [1.54, 1.807) is 14.2 Å². The molecule has 3 aliphatic rings. The highest BCUT2D eigenvalue weighted by Gasteiger charge is 2.74. The van der Waals surface area contributed by atoms with Gasteiger partial charge >= 0.3 is 0 Å². The minimum Gasteiger partial charge on any atom is -0.379 e. The number of methoxy groups -OCH3 is 2. The molecule has 2 saturated heterocycles. The van der Waals surface area contributed by atoms with Gasteiger partial charge < -0.3 is 18.9 Å². The lowest BCUT2D eigenvalue weighted by atomic mass is 9.80. The summed E-state index contributed by atoms with van der Waals surface area (Å²) in [4.78, 5) is 0. The lowest BCUT2D eigenvalue weighted by Gasteiger charge is -2.27. The molecule has 4 nitrogen and oxygen atoms in total. The summed E-state index contributed by atoms with van der Waals surface area (Å²) in [7, 11) is 3.54. The van der Waals surface area contributed by atoms with E-state index in [-0.39, 0.29) is 23.4 Å². The topological polar surface area (TPSA) is 43.5 Å². The first-order valence-electron chi connectivity index (χ1n) is 7.84. The highest BCUT2D eigenvalue weighted by Crippen LogP contribution is 2.61. The van der Waals surface area contributed by atoms with Crippen LogP contribution in [0.5, 0.6) is 0 Å². The van der Waals surface area contributed by atoms with E-state index in [0.717, 1.165) is 25.4 Å². The van der Waals surface area contributed by atoms with E-state index in [9.17, 15) is 0 Å². The quantitative estimate of drug-likeness (QED) is 0.703. The molecule has 3 rings (SSSR count). The molecule has 3 fully saturated rings. The van der Waals surface area contributed by atoms with Gasteiger partial charge in [0.2, 0.25) is 0 Å². The Morgan fingerprint density at radius 1 is 1.25 bits per heavy atom. The van der Waals surface area contributed by atoms with Gasteiger partial charge in [0.25, 0.3) is 0 Å². The normalized spacial score (nSPS) is 50.1. The largest absolute Gasteiger partial charge is 0.379 e. The van der Waals surface area contributed by atoms with E-state index in [1.807, 2.05) is 0 Å². The molecule has 20 heavy (non-hydrogen) atoms. The Morgan fingerprint density at radius 3 is 2.45 bits per heavy atom. The maximum absolute atomic E-state index is 6.12. The molecule has 0 radical (unpaired) electrons. The van der Waals surface area contributed by atoms with Crippen LogP contribution >= 0.6 is 0 Å². The Morgan fingerprint density at radius 2 is 1.95 bits per heavy atom. The summed E-state index contributed by atoms with van der Waals surface area (Å²) < 4.78 is 23.3. The van der Waals surface area contributed by atoms with Crippen molar-refractivity contribution in [2.24, 2.45) is 11.8 Å². The highest BCUT2D eigenvalue weighted by molar-refractivity contribution is 5.22. The van der Waals surface area contributed by atoms with Crippen LogP contribution in [0.25, 0.3) is 0 Å². The summed E-state index contributed by atoms with van der Waals surface area (Å²) in [6.07, 6.45) is 3.84. The lowest BCUT2D eigenvalue weighted by molar-refractivity contribution is -0.0504. The molecule has 6 atom stereocenters. The average molecular weight is 284 g/mol. The maximum atomic E-state index is 6.12. The van der Waals surface area contributed by atoms with Gasteiger partial charge in [0.15, 0.2) is 0 Å². The summed E-state index contributed by atoms with van der Waals surface area (Å²) in [5.41, 5.74) is -0.151. The van der Waals surface area contributed by atoms with Crippen LogP contribution in [-0.4, -0.2) is 50.3 Å². The van der Waals surface area contributed by atoms with Gasteiger partial charge in [-0.05, 0) is 25.7 Å². The Bertz CT molecular complexity index is 365. The van der Waals surface area contributed by atoms with Crippen LogP contribution in [0.15, 0.2) is 0 Å². The molecule has 1 aliphatic carbocycles. The molecule has 2 heterocycles. The van der Waals surface area contributed by atoms with Crippen molar-refractivity contribution in [3.05, 3.63) is 0 Å². The summed E-state index contributed by atoms with van der Waals surface area (Å²) in [5, 5.41) is 0. The van der Waals surface area contributed by atoms with E-state index < -0.39 is 0 Å². The van der Waals surface area contributed by atoms with E-state index in [4.69, 9.17) is 18.9 Å². The second-order valence-corrected chi connectivity index (χ2v) is 7.27. The monoisotopic (exact) mass is 284 g/mol. The van der Waals surface area contributed by atoms with Crippen LogP contribution in [0.2, 0.25) is 0 Å². The van der Waals surface area contributed by atoms with Crippen molar-refractivity contribution in [2.45, 2.75) is 69.5 Å². The van der Waals surface area contributed by atoms with Gasteiger partial charge in [-0.2, -0.15) is 0 Å². The first-order valence-corrected chi connectivity index (χ1v) is 7.84. The average Bonchev–Trinajstić information content (AvgIpc) is 3.26. The van der Waals surface area contributed by atoms with E-state index in [1.165, 1.54) is 6.42 Å². The number of rotatable bonds is 6. The third-order valence-corrected chi connectivity index (χ3v) is 5.50. The molecule has 2 aliphatic heterocycles. The predicted molar refractivity (Wildman–Crippen MR) is 75.7 cm³/mol. The van der Waals surface area contributed by atoms with Gasteiger partial charge in [-0.15, -0.1) is 0 Å². The molecule has 0 aromatic carbocycles. The molecule has 0 N–H and O–H groups in total. The lowest BCUT2D eigenvalue weighted by Crippen LogP contribution is -2.42. The first-order chi connectivity index (χ1) is 9.47. The Balaban J connectivity index is 1.72. The third-order valence-electron chi connectivity index (χ3n) is 5.50. The van der Waals surface area contributed by atoms with Crippen molar-refractivity contribution in [2.75, 3.05) is 20.8 Å². The zero-order valence-electron chi connectivity index (χ0n) is 13.3. The molecule has 3 unspecified atom stereocenters. The standard InChI is InChI=1S/C16H28O4/c1-10(2)6-7-12-15(3,20-12)14-13(18-5)11(17-4)8-16(14)9-19-16/h10-14H,6-9H2,1-5H3/t11-,12?,13-,14-,15?,16?/m1/s1. The zero-order valence-corrected chi connectivity index (χ0v) is 13.3. The SMILES string of the molecule is CO[C@@H]1[C@H](OC)CC2(CO2)[C@H]1C1(C)OC1CCC(C)C. The van der Waals surface area contributed by atoms with Gasteiger partial charge in [0, 0.05) is 20.6 Å². The fourth-order valence-corrected chi connectivity index (χ4v) is 4.22. The minimum atomic E-state index is -0.0979. The van der Waals surface area contributed by atoms with Crippen molar-refractivity contribution in [3.63, 3.8) is 0 Å². The van der Waals surface area contributed by atoms with Crippen LogP contribution in [0.3, 0.4) is 0 Å². The highest BCUT2D eigenvalue weighted by atomic mass is 16.6. The van der Waals surface area contributed by atoms with Crippen LogP contribution in [-0.2, 0) is 18.9 Å². The van der Waals surface area contributed by atoms with Gasteiger partial charge in [0.1, 0.15) is 11.2 Å². The second kappa shape index (κ2) is 4.94. The molecular formula is C16H28O4. The van der Waals surface area contributed by atoms with Crippen molar-refractivity contribution in [1.82, 2.24) is 0 Å². The number of epoxide rings is 2. The van der Waals surface area contributed by atoms with Crippen molar-refractivity contribution in [3.8, 4) is 0 Å². The van der Waals surface area contributed by atoms with E-state index in [2.05, 4.69) is 20.8 Å². The second-order valence-electron chi connectivity index (χ2n) is 7.27. The van der Waals surface area contributed by atoms with Crippen LogP contribution in [0, 0.1) is 11.8 Å². The Labute approximate surface area is 122 Å². The van der Waals surface area contributed by atoms with Gasteiger partial charge in [-0.25, -0.2) is 0 Å². The molecule has 4 heteroatoms. The Kier molecular flexibility index (Phi) is 3.65. The van der Waals surface area contributed by atoms with Gasteiger partial charge in [-0.3, -0.25) is 0 Å². The summed E-state index contributed by atoms with van der Waals surface area (Å²) in [5.74, 6) is 1.02. The molecule has 0 bridgehead atoms.